The predicted octanol–water partition coefficient (Wildman–Crippen LogP) is 4.84. The maximum Gasteiger partial charge on any atom is 0.335 e. The zero-order valence-electron chi connectivity index (χ0n) is 20.4. The van der Waals surface area contributed by atoms with Gasteiger partial charge in [-0.05, 0) is 55.3 Å². The average Bonchev–Trinajstić information content (AvgIpc) is 3.34. The molecule has 37 heavy (non-hydrogen) atoms. The highest BCUT2D eigenvalue weighted by Gasteiger charge is 2.31. The Morgan fingerprint density at radius 1 is 1.08 bits per heavy atom. The van der Waals surface area contributed by atoms with E-state index < -0.39 is 16.0 Å². The van der Waals surface area contributed by atoms with E-state index in [1.165, 1.54) is 23.5 Å². The molecule has 192 valence electrons. The molecule has 11 heteroatoms. The van der Waals surface area contributed by atoms with Crippen LogP contribution in [0.1, 0.15) is 32.9 Å². The molecule has 0 fully saturated rings. The summed E-state index contributed by atoms with van der Waals surface area (Å²) < 4.78 is 40.5. The van der Waals surface area contributed by atoms with Gasteiger partial charge >= 0.3 is 5.97 Å². The number of carboxylic acid groups (broad SMARTS) is 1. The molecule has 1 N–H and O–H groups in total. The summed E-state index contributed by atoms with van der Waals surface area (Å²) in [6.07, 6.45) is 1.60. The molecule has 4 rings (SSSR count). The number of thiazole rings is 1. The van der Waals surface area contributed by atoms with Crippen molar-refractivity contribution in [2.24, 2.45) is 0 Å². The lowest BCUT2D eigenvalue weighted by atomic mass is 10.1. The molecule has 2 aromatic carbocycles. The molecule has 9 nitrogen and oxygen atoms in total. The Labute approximate surface area is 219 Å². The molecule has 0 spiro atoms. The Bertz CT molecular complexity index is 1500. The number of anilines is 1. The summed E-state index contributed by atoms with van der Waals surface area (Å²) in [6, 6.07) is 14.9. The normalized spacial score (nSPS) is 11.2. The van der Waals surface area contributed by atoms with Gasteiger partial charge in [0, 0.05) is 23.3 Å². The number of pyridine rings is 1. The first-order chi connectivity index (χ1) is 17.7. The van der Waals surface area contributed by atoms with Crippen molar-refractivity contribution in [1.29, 1.82) is 0 Å². The average molecular weight is 540 g/mol. The first kappa shape index (κ1) is 26.1. The smallest absolute Gasteiger partial charge is 0.335 e. The number of nitrogens with zero attached hydrogens (tertiary/aromatic N) is 3. The third-order valence-corrected chi connectivity index (χ3v) is 8.59. The Hall–Kier alpha value is -3.96. The topological polar surface area (TPSA) is 119 Å². The van der Waals surface area contributed by atoms with Crippen molar-refractivity contribution in [3.8, 4) is 11.5 Å². The van der Waals surface area contributed by atoms with Crippen molar-refractivity contribution in [3.63, 3.8) is 0 Å². The number of hydrogen-bond donors (Lipinski definition) is 1. The van der Waals surface area contributed by atoms with Gasteiger partial charge in [-0.2, -0.15) is 8.42 Å². The Morgan fingerprint density at radius 3 is 2.43 bits per heavy atom. The fraction of sp³-hybridized carbons (Fsp3) is 0.192. The minimum absolute atomic E-state index is 0.0374. The second kappa shape index (κ2) is 11.0. The van der Waals surface area contributed by atoms with Crippen LogP contribution in [0, 0.1) is 13.8 Å². The number of benzene rings is 2. The summed E-state index contributed by atoms with van der Waals surface area (Å²) >= 11 is 1.05. The summed E-state index contributed by atoms with van der Waals surface area (Å²) in [5, 5.41) is 10.8. The molecule has 0 amide bonds. The zero-order chi connectivity index (χ0) is 26.6. The maximum atomic E-state index is 13.8. The molecule has 4 aromatic rings. The fourth-order valence-electron chi connectivity index (χ4n) is 3.57. The van der Waals surface area contributed by atoms with E-state index in [1.807, 2.05) is 6.92 Å². The van der Waals surface area contributed by atoms with Crippen LogP contribution in [0.25, 0.3) is 0 Å². The molecule has 0 aliphatic rings. The number of aromatic carboxylic acids is 1. The van der Waals surface area contributed by atoms with Crippen LogP contribution < -0.4 is 13.8 Å². The second-order valence-corrected chi connectivity index (χ2v) is 11.1. The molecule has 2 aromatic heterocycles. The van der Waals surface area contributed by atoms with Gasteiger partial charge in [0.2, 0.25) is 4.34 Å². The lowest BCUT2D eigenvalue weighted by Gasteiger charge is -2.26. The number of ether oxygens (including phenoxy) is 2. The van der Waals surface area contributed by atoms with Crippen LogP contribution in [-0.2, 0) is 23.2 Å². The van der Waals surface area contributed by atoms with E-state index in [0.29, 0.717) is 34.0 Å². The van der Waals surface area contributed by atoms with Gasteiger partial charge in [0.1, 0.15) is 18.1 Å². The molecular weight excluding hydrogens is 514 g/mol. The zero-order valence-corrected chi connectivity index (χ0v) is 22.0. The van der Waals surface area contributed by atoms with E-state index in [4.69, 9.17) is 14.6 Å². The maximum absolute atomic E-state index is 13.8. The Kier molecular flexibility index (Phi) is 7.74. The lowest BCUT2D eigenvalue weighted by molar-refractivity contribution is 0.0696. The minimum atomic E-state index is -4.07. The quantitative estimate of drug-likeness (QED) is 0.304. The summed E-state index contributed by atoms with van der Waals surface area (Å²) in [4.78, 5) is 19.7. The van der Waals surface area contributed by atoms with Gasteiger partial charge in [0.05, 0.1) is 30.6 Å². The molecule has 0 atom stereocenters. The minimum Gasteiger partial charge on any atom is -0.496 e. The molecule has 0 aliphatic heterocycles. The molecule has 2 heterocycles. The van der Waals surface area contributed by atoms with Crippen LogP contribution in [0.2, 0.25) is 0 Å². The highest BCUT2D eigenvalue weighted by Crippen LogP contribution is 2.39. The number of aromatic nitrogens is 2. The molecule has 0 unspecified atom stereocenters. The standard InChI is InChI=1S/C26H25N3O6S2/c1-17-12-22(24(13-23(17)34-3)35-15-19-7-9-20(10-8-19)25(30)31)29(14-21-6-4-5-11-27-21)37(32,33)26-28-18(2)16-36-26/h4-13,16H,14-15H2,1-3H3,(H,30,31). The number of carbonyl (C=O) groups is 1. The monoisotopic (exact) mass is 539 g/mol. The first-order valence-electron chi connectivity index (χ1n) is 11.2. The van der Waals surface area contributed by atoms with Gasteiger partial charge in [-0.1, -0.05) is 18.2 Å². The lowest BCUT2D eigenvalue weighted by Crippen LogP contribution is -2.31. The highest BCUT2D eigenvalue weighted by atomic mass is 32.2. The fourth-order valence-corrected chi connectivity index (χ4v) is 6.15. The van der Waals surface area contributed by atoms with Crippen molar-refractivity contribution >= 4 is 33.0 Å². The van der Waals surface area contributed by atoms with Crippen molar-refractivity contribution in [1.82, 2.24) is 9.97 Å². The first-order valence-corrected chi connectivity index (χ1v) is 13.5. The van der Waals surface area contributed by atoms with Gasteiger partial charge in [-0.3, -0.25) is 9.29 Å². The molecular formula is C26H25N3O6S2. The number of hydrogen-bond acceptors (Lipinski definition) is 8. The second-order valence-electron chi connectivity index (χ2n) is 8.17. The van der Waals surface area contributed by atoms with Gasteiger partial charge in [0.15, 0.2) is 0 Å². The third kappa shape index (κ3) is 5.89. The van der Waals surface area contributed by atoms with E-state index >= 15 is 0 Å². The van der Waals surface area contributed by atoms with Gasteiger partial charge in [-0.25, -0.2) is 9.78 Å². The van der Waals surface area contributed by atoms with E-state index in [2.05, 4.69) is 9.97 Å². The number of methoxy groups -OCH3 is 1. The van der Waals surface area contributed by atoms with Crippen molar-refractivity contribution in [2.45, 2.75) is 31.3 Å². The molecule has 0 aliphatic carbocycles. The van der Waals surface area contributed by atoms with Gasteiger partial charge < -0.3 is 14.6 Å². The number of aryl methyl sites for hydroxylation is 2. The van der Waals surface area contributed by atoms with Crippen LogP contribution in [0.15, 0.2) is 70.5 Å². The number of rotatable bonds is 10. The van der Waals surface area contributed by atoms with Crippen LogP contribution in [0.3, 0.4) is 0 Å². The van der Waals surface area contributed by atoms with Gasteiger partial charge in [-0.15, -0.1) is 11.3 Å². The Balaban J connectivity index is 1.78. The largest absolute Gasteiger partial charge is 0.496 e. The van der Waals surface area contributed by atoms with Crippen molar-refractivity contribution in [3.05, 3.63) is 94.3 Å². The van der Waals surface area contributed by atoms with E-state index in [1.54, 1.807) is 61.0 Å². The number of carboxylic acids is 1. The molecule has 0 saturated carbocycles. The van der Waals surface area contributed by atoms with Gasteiger partial charge in [0.25, 0.3) is 10.0 Å². The molecule has 0 saturated heterocycles. The van der Waals surface area contributed by atoms with Crippen LogP contribution in [0.5, 0.6) is 11.5 Å². The SMILES string of the molecule is COc1cc(OCc2ccc(C(=O)O)cc2)c(N(Cc2ccccn2)S(=O)(=O)c2nc(C)cs2)cc1C. The van der Waals surface area contributed by atoms with Crippen LogP contribution >= 0.6 is 11.3 Å². The molecule has 0 bridgehead atoms. The number of sulfonamides is 1. The summed E-state index contributed by atoms with van der Waals surface area (Å²) in [7, 11) is -2.55. The predicted molar refractivity (Wildman–Crippen MR) is 140 cm³/mol. The van der Waals surface area contributed by atoms with Crippen LogP contribution in [-0.4, -0.2) is 36.6 Å². The van der Waals surface area contributed by atoms with Crippen molar-refractivity contribution < 1.29 is 27.8 Å². The van der Waals surface area contributed by atoms with Crippen LogP contribution in [0.4, 0.5) is 5.69 Å². The summed E-state index contributed by atoms with van der Waals surface area (Å²) in [6.45, 7) is 3.58. The highest BCUT2D eigenvalue weighted by molar-refractivity contribution is 7.94. The molecule has 0 radical (unpaired) electrons. The summed E-state index contributed by atoms with van der Waals surface area (Å²) in [5.41, 5.74) is 3.04. The van der Waals surface area contributed by atoms with E-state index in [-0.39, 0.29) is 28.8 Å². The van der Waals surface area contributed by atoms with Crippen molar-refractivity contribution in [2.75, 3.05) is 11.4 Å². The van der Waals surface area contributed by atoms with E-state index in [9.17, 15) is 13.2 Å². The third-order valence-electron chi connectivity index (χ3n) is 5.48. The van der Waals surface area contributed by atoms with E-state index in [0.717, 1.165) is 11.3 Å². The Morgan fingerprint density at radius 2 is 1.84 bits per heavy atom. The summed E-state index contributed by atoms with van der Waals surface area (Å²) in [5.74, 6) is -0.219.